The second-order valence-electron chi connectivity index (χ2n) is 6.12. The number of hydrogen-bond acceptors (Lipinski definition) is 3. The summed E-state index contributed by atoms with van der Waals surface area (Å²) in [7, 11) is 0. The predicted molar refractivity (Wildman–Crippen MR) is 108 cm³/mol. The maximum absolute atomic E-state index is 12.6. The average Bonchev–Trinajstić information content (AvgIpc) is 2.96. The highest BCUT2D eigenvalue weighted by Crippen LogP contribution is 2.23. The molecule has 0 unspecified atom stereocenters. The van der Waals surface area contributed by atoms with Crippen molar-refractivity contribution < 1.29 is 4.79 Å². The van der Waals surface area contributed by atoms with Gasteiger partial charge in [0.2, 0.25) is 5.91 Å². The fraction of sp³-hybridized carbons (Fsp3) is 0.211. The molecule has 0 saturated carbocycles. The summed E-state index contributed by atoms with van der Waals surface area (Å²) in [5.41, 5.74) is 3.06. The molecule has 5 nitrogen and oxygen atoms in total. The van der Waals surface area contributed by atoms with E-state index in [1.807, 2.05) is 62.4 Å². The number of carbonyl (C=O) groups is 1. The topological polar surface area (TPSA) is 62.7 Å². The monoisotopic (exact) mass is 430 g/mol. The van der Waals surface area contributed by atoms with Gasteiger partial charge in [-0.25, -0.2) is 0 Å². The lowest BCUT2D eigenvalue weighted by atomic mass is 10.1. The van der Waals surface area contributed by atoms with Gasteiger partial charge in [-0.3, -0.25) is 14.5 Å². The Kier molecular flexibility index (Phi) is 5.68. The van der Waals surface area contributed by atoms with Crippen LogP contribution >= 0.6 is 28.1 Å². The molecule has 3 aromatic rings. The maximum Gasteiger partial charge on any atom is 0.240 e. The Morgan fingerprint density at radius 2 is 2.08 bits per heavy atom. The highest BCUT2D eigenvalue weighted by atomic mass is 79.9. The zero-order chi connectivity index (χ0) is 18.7. The molecule has 0 spiro atoms. The highest BCUT2D eigenvalue weighted by Gasteiger charge is 2.16. The molecule has 0 saturated heterocycles. The van der Waals surface area contributed by atoms with Gasteiger partial charge >= 0.3 is 0 Å². The van der Waals surface area contributed by atoms with Crippen molar-refractivity contribution in [3.05, 3.63) is 68.9 Å². The number of aromatic nitrogens is 3. The molecule has 1 heterocycles. The van der Waals surface area contributed by atoms with Crippen molar-refractivity contribution >= 4 is 34.1 Å². The van der Waals surface area contributed by atoms with E-state index in [-0.39, 0.29) is 18.5 Å². The zero-order valence-corrected chi connectivity index (χ0v) is 16.9. The molecule has 1 atom stereocenters. The molecule has 0 aliphatic heterocycles. The molecule has 134 valence electrons. The lowest BCUT2D eigenvalue weighted by molar-refractivity contribution is -0.122. The first kappa shape index (κ1) is 18.5. The molecular formula is C19H19BrN4OS. The van der Waals surface area contributed by atoms with Gasteiger partial charge in [-0.2, -0.15) is 5.10 Å². The molecule has 1 amide bonds. The molecule has 3 rings (SSSR count). The van der Waals surface area contributed by atoms with Crippen LogP contribution in [0.1, 0.15) is 24.1 Å². The van der Waals surface area contributed by atoms with E-state index >= 15 is 0 Å². The van der Waals surface area contributed by atoms with Gasteiger partial charge in [-0.15, -0.1) is 0 Å². The Bertz CT molecular complexity index is 995. The highest BCUT2D eigenvalue weighted by molar-refractivity contribution is 9.10. The minimum absolute atomic E-state index is 0.105. The van der Waals surface area contributed by atoms with E-state index in [1.165, 1.54) is 0 Å². The van der Waals surface area contributed by atoms with Crippen LogP contribution in [0.25, 0.3) is 11.4 Å². The molecule has 2 N–H and O–H groups in total. The Morgan fingerprint density at radius 1 is 1.31 bits per heavy atom. The zero-order valence-electron chi connectivity index (χ0n) is 14.5. The maximum atomic E-state index is 12.6. The van der Waals surface area contributed by atoms with Gasteiger partial charge in [0.15, 0.2) is 10.6 Å². The van der Waals surface area contributed by atoms with Crippen LogP contribution in [-0.2, 0) is 11.3 Å². The first-order valence-corrected chi connectivity index (χ1v) is 9.42. The Morgan fingerprint density at radius 3 is 2.81 bits per heavy atom. The van der Waals surface area contributed by atoms with Gasteiger partial charge < -0.3 is 5.32 Å². The van der Waals surface area contributed by atoms with E-state index in [1.54, 1.807) is 4.57 Å². The Balaban J connectivity index is 1.79. The van der Waals surface area contributed by atoms with Crippen LogP contribution in [0.5, 0.6) is 0 Å². The fourth-order valence-electron chi connectivity index (χ4n) is 2.80. The van der Waals surface area contributed by atoms with Crippen molar-refractivity contribution in [2.75, 3.05) is 0 Å². The fourth-order valence-corrected chi connectivity index (χ4v) is 3.63. The van der Waals surface area contributed by atoms with E-state index in [9.17, 15) is 4.79 Å². The summed E-state index contributed by atoms with van der Waals surface area (Å²) in [6, 6.07) is 15.7. The normalized spacial score (nSPS) is 12.0. The number of aryl methyl sites for hydroxylation is 1. The number of nitrogens with zero attached hydrogens (tertiary/aromatic N) is 2. The van der Waals surface area contributed by atoms with E-state index in [0.717, 1.165) is 21.2 Å². The van der Waals surface area contributed by atoms with Crippen LogP contribution in [0.2, 0.25) is 0 Å². The second kappa shape index (κ2) is 7.97. The van der Waals surface area contributed by atoms with E-state index in [0.29, 0.717) is 10.6 Å². The van der Waals surface area contributed by atoms with Gasteiger partial charge in [-0.1, -0.05) is 57.9 Å². The minimum Gasteiger partial charge on any atom is -0.348 e. The van der Waals surface area contributed by atoms with Crippen molar-refractivity contribution in [1.82, 2.24) is 20.1 Å². The van der Waals surface area contributed by atoms with Crippen LogP contribution in [0, 0.1) is 11.7 Å². The van der Waals surface area contributed by atoms with Crippen molar-refractivity contribution in [2.24, 2.45) is 0 Å². The SMILES string of the molecule is Cc1cccc(-c2n[nH]c(=S)n2CC(=O)N[C@H](C)c2ccccc2Br)c1. The van der Waals surface area contributed by atoms with Crippen molar-refractivity contribution in [1.29, 1.82) is 0 Å². The largest absolute Gasteiger partial charge is 0.348 e. The van der Waals surface area contributed by atoms with Crippen LogP contribution in [0.3, 0.4) is 0 Å². The smallest absolute Gasteiger partial charge is 0.240 e. The van der Waals surface area contributed by atoms with Crippen molar-refractivity contribution in [3.8, 4) is 11.4 Å². The van der Waals surface area contributed by atoms with Crippen LogP contribution in [-0.4, -0.2) is 20.7 Å². The summed E-state index contributed by atoms with van der Waals surface area (Å²) in [4.78, 5) is 12.6. The van der Waals surface area contributed by atoms with Gasteiger partial charge in [-0.05, 0) is 43.8 Å². The first-order valence-electron chi connectivity index (χ1n) is 8.21. The van der Waals surface area contributed by atoms with E-state index in [2.05, 4.69) is 31.4 Å². The van der Waals surface area contributed by atoms with Gasteiger partial charge in [0.05, 0.1) is 6.04 Å². The number of H-pyrrole nitrogens is 1. The minimum atomic E-state index is -0.125. The number of hydrogen-bond donors (Lipinski definition) is 2. The predicted octanol–water partition coefficient (Wildman–Crippen LogP) is 4.56. The molecular weight excluding hydrogens is 412 g/mol. The summed E-state index contributed by atoms with van der Waals surface area (Å²) in [6.45, 7) is 4.07. The number of halogens is 1. The Labute approximate surface area is 165 Å². The number of benzene rings is 2. The third-order valence-electron chi connectivity index (χ3n) is 4.09. The molecule has 26 heavy (non-hydrogen) atoms. The third kappa shape index (κ3) is 4.11. The van der Waals surface area contributed by atoms with E-state index in [4.69, 9.17) is 12.2 Å². The molecule has 0 aliphatic rings. The molecule has 1 aromatic heterocycles. The van der Waals surface area contributed by atoms with Crippen molar-refractivity contribution in [2.45, 2.75) is 26.4 Å². The number of amides is 1. The number of aromatic amines is 1. The lowest BCUT2D eigenvalue weighted by Crippen LogP contribution is -2.30. The van der Waals surface area contributed by atoms with Gasteiger partial charge in [0.25, 0.3) is 0 Å². The second-order valence-corrected chi connectivity index (χ2v) is 7.36. The number of carbonyl (C=O) groups excluding carboxylic acids is 1. The molecule has 0 bridgehead atoms. The molecule has 2 aromatic carbocycles. The Hall–Kier alpha value is -2.25. The van der Waals surface area contributed by atoms with Gasteiger partial charge in [0.1, 0.15) is 6.54 Å². The molecule has 7 heteroatoms. The first-order chi connectivity index (χ1) is 12.5. The van der Waals surface area contributed by atoms with Crippen LogP contribution < -0.4 is 5.32 Å². The molecule has 0 fully saturated rings. The summed E-state index contributed by atoms with van der Waals surface area (Å²) < 4.78 is 3.10. The quantitative estimate of drug-likeness (QED) is 0.583. The summed E-state index contributed by atoms with van der Waals surface area (Å²) in [6.07, 6.45) is 0. The number of nitrogens with one attached hydrogen (secondary N) is 2. The summed E-state index contributed by atoms with van der Waals surface area (Å²) in [5, 5.41) is 10.1. The number of rotatable bonds is 5. The average molecular weight is 431 g/mol. The van der Waals surface area contributed by atoms with Crippen LogP contribution in [0.4, 0.5) is 0 Å². The lowest BCUT2D eigenvalue weighted by Gasteiger charge is -2.16. The van der Waals surface area contributed by atoms with Gasteiger partial charge in [0, 0.05) is 10.0 Å². The molecule has 0 aliphatic carbocycles. The van der Waals surface area contributed by atoms with Crippen molar-refractivity contribution in [3.63, 3.8) is 0 Å². The van der Waals surface area contributed by atoms with Crippen LogP contribution in [0.15, 0.2) is 53.0 Å². The molecule has 0 radical (unpaired) electrons. The standard InChI is InChI=1S/C19H19BrN4OS/c1-12-6-5-7-14(10-12)18-22-23-19(26)24(18)11-17(25)21-13(2)15-8-3-4-9-16(15)20/h3-10,13H,11H2,1-2H3,(H,21,25)(H,23,26)/t13-/m1/s1. The van der Waals surface area contributed by atoms with E-state index < -0.39 is 0 Å². The summed E-state index contributed by atoms with van der Waals surface area (Å²) in [5.74, 6) is 0.530. The third-order valence-corrected chi connectivity index (χ3v) is 5.12. The summed E-state index contributed by atoms with van der Waals surface area (Å²) >= 11 is 8.83.